The zero-order chi connectivity index (χ0) is 11.4. The second kappa shape index (κ2) is 5.00. The molecule has 0 aliphatic carbocycles. The minimum atomic E-state index is -0.729. The Bertz CT molecular complexity index is 418. The molecule has 0 saturated carbocycles. The lowest BCUT2D eigenvalue weighted by Crippen LogP contribution is -2.25. The fraction of sp³-hybridized carbons (Fsp3) is 0.111. The van der Waals surface area contributed by atoms with Crippen molar-refractivity contribution in [1.82, 2.24) is 5.43 Å². The van der Waals surface area contributed by atoms with Gasteiger partial charge in [-0.1, -0.05) is 23.2 Å². The highest BCUT2D eigenvalue weighted by atomic mass is 35.5. The van der Waals surface area contributed by atoms with Crippen LogP contribution in [0.4, 0.5) is 4.79 Å². The lowest BCUT2D eigenvalue weighted by atomic mass is 10.1. The van der Waals surface area contributed by atoms with Crippen LogP contribution in [0.25, 0.3) is 0 Å². The first-order valence-electron chi connectivity index (χ1n) is 4.06. The maximum Gasteiger partial charge on any atom is 0.332 e. The van der Waals surface area contributed by atoms with Crippen LogP contribution in [0.2, 0.25) is 10.0 Å². The number of nitrogens with one attached hydrogen (secondary N) is 1. The second-order valence-electron chi connectivity index (χ2n) is 2.80. The van der Waals surface area contributed by atoms with E-state index in [4.69, 9.17) is 28.9 Å². The molecular weight excluding hydrogens is 237 g/mol. The Hall–Kier alpha value is -1.26. The highest BCUT2D eigenvalue weighted by Gasteiger charge is 2.04. The molecular formula is C9H9Cl2N3O. The summed E-state index contributed by atoms with van der Waals surface area (Å²) in [7, 11) is 0. The van der Waals surface area contributed by atoms with Gasteiger partial charge in [-0.25, -0.2) is 10.2 Å². The van der Waals surface area contributed by atoms with E-state index in [0.29, 0.717) is 21.3 Å². The van der Waals surface area contributed by atoms with Crippen LogP contribution in [0.15, 0.2) is 23.3 Å². The number of urea groups is 1. The van der Waals surface area contributed by atoms with Gasteiger partial charge in [-0.05, 0) is 25.1 Å². The van der Waals surface area contributed by atoms with Crippen molar-refractivity contribution in [2.45, 2.75) is 6.92 Å². The Morgan fingerprint density at radius 3 is 2.73 bits per heavy atom. The van der Waals surface area contributed by atoms with E-state index >= 15 is 0 Å². The summed E-state index contributed by atoms with van der Waals surface area (Å²) in [5.74, 6) is 0. The average Bonchev–Trinajstić information content (AvgIpc) is 2.18. The third-order valence-corrected chi connectivity index (χ3v) is 2.22. The van der Waals surface area contributed by atoms with Crippen LogP contribution in [-0.4, -0.2) is 11.7 Å². The molecule has 0 spiro atoms. The number of halogens is 2. The molecule has 0 aromatic heterocycles. The van der Waals surface area contributed by atoms with Gasteiger partial charge in [0, 0.05) is 15.6 Å². The average molecular weight is 246 g/mol. The number of carbonyl (C=O) groups is 1. The normalized spacial score (nSPS) is 11.3. The number of hydrogen-bond acceptors (Lipinski definition) is 2. The maximum atomic E-state index is 10.4. The largest absolute Gasteiger partial charge is 0.350 e. The molecule has 6 heteroatoms. The van der Waals surface area contributed by atoms with Crippen molar-refractivity contribution < 1.29 is 4.79 Å². The number of rotatable bonds is 2. The summed E-state index contributed by atoms with van der Waals surface area (Å²) in [6.45, 7) is 1.69. The summed E-state index contributed by atoms with van der Waals surface area (Å²) in [6, 6.07) is 4.25. The smallest absolute Gasteiger partial charge is 0.332 e. The first kappa shape index (κ1) is 11.8. The molecule has 0 saturated heterocycles. The van der Waals surface area contributed by atoms with Crippen molar-refractivity contribution >= 4 is 34.9 Å². The maximum absolute atomic E-state index is 10.4. The monoisotopic (exact) mass is 245 g/mol. The molecule has 0 aliphatic rings. The summed E-state index contributed by atoms with van der Waals surface area (Å²) < 4.78 is 0. The lowest BCUT2D eigenvalue weighted by Gasteiger charge is -2.04. The molecule has 2 amide bonds. The number of benzene rings is 1. The van der Waals surface area contributed by atoms with Gasteiger partial charge in [0.1, 0.15) is 0 Å². The van der Waals surface area contributed by atoms with Crippen LogP contribution in [0.3, 0.4) is 0 Å². The number of amides is 2. The minimum absolute atomic E-state index is 0.506. The summed E-state index contributed by atoms with van der Waals surface area (Å²) >= 11 is 11.7. The van der Waals surface area contributed by atoms with Crippen LogP contribution in [0.1, 0.15) is 12.5 Å². The van der Waals surface area contributed by atoms with E-state index in [9.17, 15) is 4.79 Å². The van der Waals surface area contributed by atoms with E-state index in [-0.39, 0.29) is 0 Å². The molecule has 0 aliphatic heterocycles. The molecule has 0 atom stereocenters. The molecule has 0 radical (unpaired) electrons. The van der Waals surface area contributed by atoms with Crippen molar-refractivity contribution in [3.63, 3.8) is 0 Å². The Balaban J connectivity index is 2.99. The van der Waals surface area contributed by atoms with Gasteiger partial charge < -0.3 is 5.73 Å². The molecule has 0 heterocycles. The van der Waals surface area contributed by atoms with E-state index in [1.807, 2.05) is 0 Å². The van der Waals surface area contributed by atoms with E-state index in [0.717, 1.165) is 0 Å². The van der Waals surface area contributed by atoms with Crippen LogP contribution in [0, 0.1) is 0 Å². The number of carbonyl (C=O) groups excluding carboxylic acids is 1. The predicted octanol–water partition coefficient (Wildman–Crippen LogP) is 2.39. The highest BCUT2D eigenvalue weighted by molar-refractivity contribution is 6.36. The third kappa shape index (κ3) is 3.42. The summed E-state index contributed by atoms with van der Waals surface area (Å²) in [5.41, 5.74) is 8.17. The fourth-order valence-electron chi connectivity index (χ4n) is 0.974. The van der Waals surface area contributed by atoms with Gasteiger partial charge >= 0.3 is 6.03 Å². The van der Waals surface area contributed by atoms with Gasteiger partial charge in [-0.2, -0.15) is 5.10 Å². The Kier molecular flexibility index (Phi) is 3.94. The minimum Gasteiger partial charge on any atom is -0.350 e. The fourth-order valence-corrected chi connectivity index (χ4v) is 1.40. The molecule has 4 nitrogen and oxygen atoms in total. The number of hydrogen-bond donors (Lipinski definition) is 2. The predicted molar refractivity (Wildman–Crippen MR) is 61.4 cm³/mol. The van der Waals surface area contributed by atoms with E-state index in [1.165, 1.54) is 0 Å². The summed E-state index contributed by atoms with van der Waals surface area (Å²) in [4.78, 5) is 10.4. The first-order chi connectivity index (χ1) is 7.00. The van der Waals surface area contributed by atoms with E-state index < -0.39 is 6.03 Å². The number of hydrazone groups is 1. The second-order valence-corrected chi connectivity index (χ2v) is 3.64. The third-order valence-electron chi connectivity index (χ3n) is 1.65. The van der Waals surface area contributed by atoms with Crippen molar-refractivity contribution in [3.05, 3.63) is 33.8 Å². The summed E-state index contributed by atoms with van der Waals surface area (Å²) in [5, 5.41) is 4.80. The SMILES string of the molecule is CC(=NNC(N)=O)c1cc(Cl)ccc1Cl. The van der Waals surface area contributed by atoms with Gasteiger partial charge in [0.25, 0.3) is 0 Å². The molecule has 3 N–H and O–H groups in total. The Morgan fingerprint density at radius 2 is 2.13 bits per heavy atom. The molecule has 1 rings (SSSR count). The molecule has 0 bridgehead atoms. The number of nitrogens with zero attached hydrogens (tertiary/aromatic N) is 1. The molecule has 15 heavy (non-hydrogen) atoms. The molecule has 1 aromatic carbocycles. The number of primary amides is 1. The van der Waals surface area contributed by atoms with Gasteiger partial charge in [0.15, 0.2) is 0 Å². The quantitative estimate of drug-likeness (QED) is 0.610. The van der Waals surface area contributed by atoms with Gasteiger partial charge in [-0.15, -0.1) is 0 Å². The van der Waals surface area contributed by atoms with E-state index in [2.05, 4.69) is 10.5 Å². The van der Waals surface area contributed by atoms with Crippen LogP contribution >= 0.6 is 23.2 Å². The van der Waals surface area contributed by atoms with Crippen LogP contribution in [-0.2, 0) is 0 Å². The van der Waals surface area contributed by atoms with Crippen molar-refractivity contribution in [2.24, 2.45) is 10.8 Å². The van der Waals surface area contributed by atoms with Crippen molar-refractivity contribution in [3.8, 4) is 0 Å². The lowest BCUT2D eigenvalue weighted by molar-refractivity contribution is 0.249. The molecule has 1 aromatic rings. The zero-order valence-corrected chi connectivity index (χ0v) is 9.43. The van der Waals surface area contributed by atoms with Gasteiger partial charge in [0.2, 0.25) is 0 Å². The molecule has 0 fully saturated rings. The molecule has 0 unspecified atom stereocenters. The van der Waals surface area contributed by atoms with Crippen molar-refractivity contribution in [2.75, 3.05) is 0 Å². The van der Waals surface area contributed by atoms with Gasteiger partial charge in [0.05, 0.1) is 5.71 Å². The van der Waals surface area contributed by atoms with Crippen LogP contribution in [0.5, 0.6) is 0 Å². The zero-order valence-electron chi connectivity index (χ0n) is 7.92. The van der Waals surface area contributed by atoms with E-state index in [1.54, 1.807) is 25.1 Å². The Morgan fingerprint density at radius 1 is 1.47 bits per heavy atom. The Labute approximate surface area is 97.0 Å². The summed E-state index contributed by atoms with van der Waals surface area (Å²) in [6.07, 6.45) is 0. The number of nitrogens with two attached hydrogens (primary N) is 1. The van der Waals surface area contributed by atoms with Gasteiger partial charge in [-0.3, -0.25) is 0 Å². The highest BCUT2D eigenvalue weighted by Crippen LogP contribution is 2.21. The standard InChI is InChI=1S/C9H9Cl2N3O/c1-5(13-14-9(12)15)7-4-6(10)2-3-8(7)11/h2-4H,1H3,(H3,12,14,15). The topological polar surface area (TPSA) is 67.5 Å². The van der Waals surface area contributed by atoms with Crippen molar-refractivity contribution in [1.29, 1.82) is 0 Å². The first-order valence-corrected chi connectivity index (χ1v) is 4.81. The van der Waals surface area contributed by atoms with Crippen LogP contribution < -0.4 is 11.2 Å². The molecule has 80 valence electrons.